The lowest BCUT2D eigenvalue weighted by atomic mass is 10.3. The number of amides is 1. The van der Waals surface area contributed by atoms with Crippen LogP contribution in [0.25, 0.3) is 10.2 Å². The van der Waals surface area contributed by atoms with Gasteiger partial charge in [-0.15, -0.1) is 6.42 Å². The van der Waals surface area contributed by atoms with E-state index >= 15 is 0 Å². The van der Waals surface area contributed by atoms with E-state index in [4.69, 9.17) is 6.42 Å². The van der Waals surface area contributed by atoms with Crippen molar-refractivity contribution in [3.8, 4) is 12.3 Å². The van der Waals surface area contributed by atoms with Crippen LogP contribution in [0.2, 0.25) is 0 Å². The summed E-state index contributed by atoms with van der Waals surface area (Å²) in [4.78, 5) is 16.9. The lowest BCUT2D eigenvalue weighted by Gasteiger charge is -2.01. The lowest BCUT2D eigenvalue weighted by Crippen LogP contribution is -2.18. The maximum Gasteiger partial charge on any atom is 0.297 e. The van der Waals surface area contributed by atoms with Gasteiger partial charge in [-0.3, -0.25) is 9.48 Å². The van der Waals surface area contributed by atoms with Crippen LogP contribution in [0, 0.1) is 18.2 Å². The van der Waals surface area contributed by atoms with E-state index in [-0.39, 0.29) is 12.4 Å². The maximum atomic E-state index is 14.1. The summed E-state index contributed by atoms with van der Waals surface area (Å²) < 4.78 is 17.9. The van der Waals surface area contributed by atoms with E-state index < -0.39 is 5.91 Å². The first kappa shape index (κ1) is 15.2. The van der Waals surface area contributed by atoms with E-state index in [9.17, 15) is 9.18 Å². The van der Waals surface area contributed by atoms with Crippen LogP contribution >= 0.6 is 11.3 Å². The fourth-order valence-electron chi connectivity index (χ4n) is 2.32. The van der Waals surface area contributed by atoms with Crippen LogP contribution < -0.4 is 4.80 Å². The van der Waals surface area contributed by atoms with Crippen molar-refractivity contribution in [3.05, 3.63) is 46.8 Å². The minimum Gasteiger partial charge on any atom is -0.302 e. The molecule has 0 aliphatic rings. The molecular formula is C16H13FN4OS. The van der Waals surface area contributed by atoms with Crippen LogP contribution in [0.4, 0.5) is 4.39 Å². The van der Waals surface area contributed by atoms with Gasteiger partial charge < -0.3 is 4.57 Å². The van der Waals surface area contributed by atoms with E-state index in [1.165, 1.54) is 17.4 Å². The van der Waals surface area contributed by atoms with Crippen LogP contribution in [0.1, 0.15) is 17.4 Å². The number of fused-ring (bicyclic) bond motifs is 1. The van der Waals surface area contributed by atoms with Crippen molar-refractivity contribution in [2.24, 2.45) is 4.99 Å². The second kappa shape index (κ2) is 6.18. The number of aromatic nitrogens is 3. The van der Waals surface area contributed by atoms with Gasteiger partial charge in [0.1, 0.15) is 11.5 Å². The van der Waals surface area contributed by atoms with Gasteiger partial charge in [0, 0.05) is 12.7 Å². The fourth-order valence-corrected chi connectivity index (χ4v) is 3.36. The standard InChI is InChI=1S/C16H13FN4OS/c1-3-10-20-14-11(17)6-5-7-13(14)23-16(20)19-15(22)12-8-9-18-21(12)4-2/h1,5-9H,4,10H2,2H3. The average Bonchev–Trinajstić information content (AvgIpc) is 3.13. The quantitative estimate of drug-likeness (QED) is 0.694. The Morgan fingerprint density at radius 3 is 3.04 bits per heavy atom. The number of terminal acetylenes is 1. The summed E-state index contributed by atoms with van der Waals surface area (Å²) in [6.07, 6.45) is 6.92. The molecule has 0 saturated carbocycles. The largest absolute Gasteiger partial charge is 0.302 e. The van der Waals surface area contributed by atoms with Crippen LogP contribution in [-0.4, -0.2) is 20.3 Å². The molecule has 0 radical (unpaired) electrons. The van der Waals surface area contributed by atoms with Gasteiger partial charge in [-0.25, -0.2) is 4.39 Å². The van der Waals surface area contributed by atoms with Crippen LogP contribution in [0.3, 0.4) is 0 Å². The Balaban J connectivity index is 2.19. The fraction of sp³-hybridized carbons (Fsp3) is 0.188. The molecule has 3 rings (SSSR count). The van der Waals surface area contributed by atoms with Crippen molar-refractivity contribution in [2.75, 3.05) is 0 Å². The van der Waals surface area contributed by atoms with E-state index in [1.807, 2.05) is 6.92 Å². The monoisotopic (exact) mass is 328 g/mol. The highest BCUT2D eigenvalue weighted by molar-refractivity contribution is 7.16. The first-order chi connectivity index (χ1) is 11.2. The highest BCUT2D eigenvalue weighted by Gasteiger charge is 2.14. The third-order valence-corrected chi connectivity index (χ3v) is 4.38. The second-order valence-corrected chi connectivity index (χ2v) is 5.72. The molecule has 0 aliphatic heterocycles. The van der Waals surface area contributed by atoms with Gasteiger partial charge in [0.05, 0.1) is 16.8 Å². The summed E-state index contributed by atoms with van der Waals surface area (Å²) in [5.74, 6) is 1.66. The zero-order valence-corrected chi connectivity index (χ0v) is 13.2. The molecule has 3 aromatic rings. The minimum absolute atomic E-state index is 0.139. The third-order valence-electron chi connectivity index (χ3n) is 3.33. The summed E-state index contributed by atoms with van der Waals surface area (Å²) in [6, 6.07) is 6.36. The molecule has 5 nitrogen and oxygen atoms in total. The predicted molar refractivity (Wildman–Crippen MR) is 86.4 cm³/mol. The predicted octanol–water partition coefficient (Wildman–Crippen LogP) is 2.43. The number of carbonyl (C=O) groups excluding carboxylic acids is 1. The van der Waals surface area contributed by atoms with Crippen LogP contribution in [0.5, 0.6) is 0 Å². The summed E-state index contributed by atoms with van der Waals surface area (Å²) >= 11 is 1.23. The van der Waals surface area contributed by atoms with Crippen molar-refractivity contribution in [3.63, 3.8) is 0 Å². The van der Waals surface area contributed by atoms with Gasteiger partial charge in [0.15, 0.2) is 4.80 Å². The second-order valence-electron chi connectivity index (χ2n) is 4.71. The number of rotatable bonds is 3. The van der Waals surface area contributed by atoms with E-state index in [0.717, 1.165) is 0 Å². The third kappa shape index (κ3) is 2.69. The number of hydrogen-bond donors (Lipinski definition) is 0. The zero-order valence-electron chi connectivity index (χ0n) is 12.4. The smallest absolute Gasteiger partial charge is 0.297 e. The molecule has 1 amide bonds. The average molecular weight is 328 g/mol. The molecule has 2 heterocycles. The van der Waals surface area contributed by atoms with Crippen LogP contribution in [0.15, 0.2) is 35.5 Å². The molecule has 0 aliphatic carbocycles. The number of carbonyl (C=O) groups is 1. The lowest BCUT2D eigenvalue weighted by molar-refractivity contribution is 0.0987. The molecule has 0 saturated heterocycles. The molecule has 0 N–H and O–H groups in total. The molecule has 0 spiro atoms. The Hall–Kier alpha value is -2.72. The number of nitrogens with zero attached hydrogens (tertiary/aromatic N) is 4. The van der Waals surface area contributed by atoms with Crippen molar-refractivity contribution >= 4 is 27.5 Å². The Bertz CT molecular complexity index is 990. The zero-order chi connectivity index (χ0) is 16.4. The Morgan fingerprint density at radius 2 is 2.30 bits per heavy atom. The topological polar surface area (TPSA) is 52.2 Å². The molecule has 23 heavy (non-hydrogen) atoms. The number of para-hydroxylation sites is 1. The molecule has 0 fully saturated rings. The highest BCUT2D eigenvalue weighted by atomic mass is 32.1. The van der Waals surface area contributed by atoms with Gasteiger partial charge >= 0.3 is 0 Å². The number of halogens is 1. The van der Waals surface area contributed by atoms with E-state index in [2.05, 4.69) is 16.0 Å². The van der Waals surface area contributed by atoms with Crippen molar-refractivity contribution in [1.29, 1.82) is 0 Å². The molecule has 0 unspecified atom stereocenters. The molecule has 116 valence electrons. The van der Waals surface area contributed by atoms with Gasteiger partial charge in [0.25, 0.3) is 5.91 Å². The molecule has 0 bridgehead atoms. The van der Waals surface area contributed by atoms with Gasteiger partial charge in [0.2, 0.25) is 0 Å². The van der Waals surface area contributed by atoms with Gasteiger partial charge in [-0.05, 0) is 25.1 Å². The van der Waals surface area contributed by atoms with Gasteiger partial charge in [-0.1, -0.05) is 23.3 Å². The SMILES string of the molecule is C#CCn1c(=NC(=O)c2ccnn2CC)sc2cccc(F)c21. The van der Waals surface area contributed by atoms with E-state index in [1.54, 1.807) is 33.6 Å². The van der Waals surface area contributed by atoms with Crippen molar-refractivity contribution < 1.29 is 9.18 Å². The first-order valence-corrected chi connectivity index (χ1v) is 7.79. The number of benzene rings is 1. The number of thiazole rings is 1. The molecule has 0 atom stereocenters. The maximum absolute atomic E-state index is 14.1. The molecular weight excluding hydrogens is 315 g/mol. The highest BCUT2D eigenvalue weighted by Crippen LogP contribution is 2.20. The van der Waals surface area contributed by atoms with Crippen molar-refractivity contribution in [2.45, 2.75) is 20.0 Å². The summed E-state index contributed by atoms with van der Waals surface area (Å²) in [6.45, 7) is 2.59. The molecule has 2 aromatic heterocycles. The first-order valence-electron chi connectivity index (χ1n) is 6.98. The number of aryl methyl sites for hydroxylation is 1. The number of hydrogen-bond acceptors (Lipinski definition) is 3. The summed E-state index contributed by atoms with van der Waals surface area (Å²) in [5, 5.41) is 4.05. The Labute approximate surface area is 135 Å². The normalized spacial score (nSPS) is 11.8. The Kier molecular flexibility index (Phi) is 4.08. The molecule has 1 aromatic carbocycles. The molecule has 7 heteroatoms. The van der Waals surface area contributed by atoms with E-state index in [0.29, 0.717) is 27.3 Å². The van der Waals surface area contributed by atoms with Crippen molar-refractivity contribution in [1.82, 2.24) is 14.3 Å². The summed E-state index contributed by atoms with van der Waals surface area (Å²) in [5.41, 5.74) is 0.753. The van der Waals surface area contributed by atoms with Crippen LogP contribution in [-0.2, 0) is 13.1 Å². The summed E-state index contributed by atoms with van der Waals surface area (Å²) in [7, 11) is 0. The minimum atomic E-state index is -0.429. The Morgan fingerprint density at radius 1 is 1.48 bits per heavy atom. The van der Waals surface area contributed by atoms with Gasteiger partial charge in [-0.2, -0.15) is 10.1 Å².